The average molecular weight is 291 g/mol. The number of benzene rings is 1. The zero-order chi connectivity index (χ0) is 15.0. The highest BCUT2D eigenvalue weighted by molar-refractivity contribution is 5.77. The molecular formula is C15H15F2N3O. The lowest BCUT2D eigenvalue weighted by Crippen LogP contribution is -2.54. The molecule has 3 rings (SSSR count). The highest BCUT2D eigenvalue weighted by Crippen LogP contribution is 2.31. The molecule has 1 aromatic rings. The Labute approximate surface area is 121 Å². The van der Waals surface area contributed by atoms with Crippen LogP contribution in [0, 0.1) is 28.9 Å². The van der Waals surface area contributed by atoms with Crippen LogP contribution in [0.15, 0.2) is 12.1 Å². The Bertz CT molecular complexity index is 626. The van der Waals surface area contributed by atoms with Gasteiger partial charge < -0.3 is 10.2 Å². The highest BCUT2D eigenvalue weighted by atomic mass is 19.2. The van der Waals surface area contributed by atoms with E-state index in [1.54, 1.807) is 11.0 Å². The Morgan fingerprint density at radius 2 is 2.10 bits per heavy atom. The van der Waals surface area contributed by atoms with Crippen LogP contribution in [0.1, 0.15) is 24.8 Å². The van der Waals surface area contributed by atoms with E-state index in [0.717, 1.165) is 12.8 Å². The molecule has 2 aliphatic rings. The van der Waals surface area contributed by atoms with Crippen molar-refractivity contribution in [3.63, 3.8) is 0 Å². The standard InChI is InChI=1S/C15H15F2N3O/c16-14-9(7-18)1-3-12(15(14)17)20-6-5-11-10(8-20)2-4-13(21)19-11/h1,3,10-11H,2,4-6,8H2,(H,19,21). The summed E-state index contributed by atoms with van der Waals surface area (Å²) < 4.78 is 27.8. The third-order valence-electron chi connectivity index (χ3n) is 4.35. The van der Waals surface area contributed by atoms with Gasteiger partial charge in [0.15, 0.2) is 11.6 Å². The van der Waals surface area contributed by atoms with Crippen LogP contribution in [0.3, 0.4) is 0 Å². The lowest BCUT2D eigenvalue weighted by Gasteiger charge is -2.42. The maximum absolute atomic E-state index is 14.1. The van der Waals surface area contributed by atoms with Crippen LogP contribution in [0.25, 0.3) is 0 Å². The summed E-state index contributed by atoms with van der Waals surface area (Å²) in [6.07, 6.45) is 1.98. The fraction of sp³-hybridized carbons (Fsp3) is 0.467. The van der Waals surface area contributed by atoms with E-state index in [2.05, 4.69) is 5.32 Å². The van der Waals surface area contributed by atoms with E-state index < -0.39 is 11.6 Å². The molecule has 0 aromatic heterocycles. The van der Waals surface area contributed by atoms with Crippen molar-refractivity contribution in [2.24, 2.45) is 5.92 Å². The van der Waals surface area contributed by atoms with Gasteiger partial charge in [0.25, 0.3) is 0 Å². The van der Waals surface area contributed by atoms with Gasteiger partial charge in [-0.05, 0) is 30.9 Å². The number of rotatable bonds is 1. The molecule has 21 heavy (non-hydrogen) atoms. The second-order valence-electron chi connectivity index (χ2n) is 5.58. The van der Waals surface area contributed by atoms with E-state index in [1.807, 2.05) is 0 Å². The molecule has 2 aliphatic heterocycles. The number of anilines is 1. The molecular weight excluding hydrogens is 276 g/mol. The van der Waals surface area contributed by atoms with Gasteiger partial charge in [-0.3, -0.25) is 4.79 Å². The minimum Gasteiger partial charge on any atom is -0.369 e. The van der Waals surface area contributed by atoms with Crippen LogP contribution in [-0.2, 0) is 4.79 Å². The van der Waals surface area contributed by atoms with Crippen molar-refractivity contribution >= 4 is 11.6 Å². The van der Waals surface area contributed by atoms with Gasteiger partial charge in [-0.1, -0.05) is 0 Å². The van der Waals surface area contributed by atoms with Gasteiger partial charge >= 0.3 is 0 Å². The SMILES string of the molecule is N#Cc1ccc(N2CCC3NC(=O)CCC3C2)c(F)c1F. The molecule has 2 saturated heterocycles. The fourth-order valence-corrected chi connectivity index (χ4v) is 3.20. The molecule has 1 aromatic carbocycles. The van der Waals surface area contributed by atoms with Gasteiger partial charge in [0, 0.05) is 25.6 Å². The number of halogens is 2. The van der Waals surface area contributed by atoms with Crippen molar-refractivity contribution in [2.45, 2.75) is 25.3 Å². The predicted octanol–water partition coefficient (Wildman–Crippen LogP) is 1.94. The zero-order valence-corrected chi connectivity index (χ0v) is 11.4. The summed E-state index contributed by atoms with van der Waals surface area (Å²) in [6.45, 7) is 1.15. The topological polar surface area (TPSA) is 56.1 Å². The minimum atomic E-state index is -1.09. The molecule has 2 heterocycles. The van der Waals surface area contributed by atoms with Crippen LogP contribution in [0.2, 0.25) is 0 Å². The molecule has 2 atom stereocenters. The highest BCUT2D eigenvalue weighted by Gasteiger charge is 2.34. The Balaban J connectivity index is 1.82. The Morgan fingerprint density at radius 1 is 1.29 bits per heavy atom. The van der Waals surface area contributed by atoms with E-state index in [0.29, 0.717) is 19.5 Å². The molecule has 0 saturated carbocycles. The third-order valence-corrected chi connectivity index (χ3v) is 4.35. The normalized spacial score (nSPS) is 25.0. The van der Waals surface area contributed by atoms with Crippen molar-refractivity contribution in [1.29, 1.82) is 5.26 Å². The van der Waals surface area contributed by atoms with E-state index in [4.69, 9.17) is 5.26 Å². The third kappa shape index (κ3) is 2.44. The number of piperidine rings is 2. The van der Waals surface area contributed by atoms with Crippen LogP contribution in [0.5, 0.6) is 0 Å². The van der Waals surface area contributed by atoms with Crippen molar-refractivity contribution in [3.05, 3.63) is 29.3 Å². The molecule has 110 valence electrons. The van der Waals surface area contributed by atoms with E-state index in [1.165, 1.54) is 12.1 Å². The van der Waals surface area contributed by atoms with Crippen LogP contribution < -0.4 is 10.2 Å². The first-order valence-electron chi connectivity index (χ1n) is 7.02. The van der Waals surface area contributed by atoms with Gasteiger partial charge in [-0.2, -0.15) is 5.26 Å². The van der Waals surface area contributed by atoms with E-state index in [9.17, 15) is 13.6 Å². The van der Waals surface area contributed by atoms with Gasteiger partial charge in [0.1, 0.15) is 6.07 Å². The Hall–Kier alpha value is -2.16. The molecule has 1 N–H and O–H groups in total. The molecule has 0 bridgehead atoms. The monoisotopic (exact) mass is 291 g/mol. The maximum atomic E-state index is 14.1. The number of carbonyl (C=O) groups excluding carboxylic acids is 1. The number of nitrogens with zero attached hydrogens (tertiary/aromatic N) is 2. The summed E-state index contributed by atoms with van der Waals surface area (Å²) in [5.74, 6) is -1.73. The van der Waals surface area contributed by atoms with Crippen LogP contribution >= 0.6 is 0 Å². The summed E-state index contributed by atoms with van der Waals surface area (Å²) in [6, 6.07) is 4.53. The number of carbonyl (C=O) groups is 1. The summed E-state index contributed by atoms with van der Waals surface area (Å²) >= 11 is 0. The van der Waals surface area contributed by atoms with E-state index >= 15 is 0 Å². The first-order chi connectivity index (χ1) is 10.1. The largest absolute Gasteiger partial charge is 0.369 e. The van der Waals surface area contributed by atoms with Crippen LogP contribution in [0.4, 0.5) is 14.5 Å². The number of hydrogen-bond donors (Lipinski definition) is 1. The minimum absolute atomic E-state index is 0.0697. The van der Waals surface area contributed by atoms with E-state index in [-0.39, 0.29) is 29.1 Å². The van der Waals surface area contributed by atoms with Crippen molar-refractivity contribution in [2.75, 3.05) is 18.0 Å². The van der Waals surface area contributed by atoms with Gasteiger partial charge in [0.05, 0.1) is 11.3 Å². The number of nitrogens with one attached hydrogen (secondary N) is 1. The first-order valence-corrected chi connectivity index (χ1v) is 7.02. The smallest absolute Gasteiger partial charge is 0.220 e. The molecule has 4 nitrogen and oxygen atoms in total. The zero-order valence-electron chi connectivity index (χ0n) is 11.4. The summed E-state index contributed by atoms with van der Waals surface area (Å²) in [4.78, 5) is 13.2. The molecule has 0 aliphatic carbocycles. The van der Waals surface area contributed by atoms with Gasteiger partial charge in [-0.25, -0.2) is 8.78 Å². The maximum Gasteiger partial charge on any atom is 0.220 e. The predicted molar refractivity (Wildman–Crippen MR) is 72.6 cm³/mol. The van der Waals surface area contributed by atoms with Crippen molar-refractivity contribution in [3.8, 4) is 6.07 Å². The number of hydrogen-bond acceptors (Lipinski definition) is 3. The van der Waals surface area contributed by atoms with Gasteiger partial charge in [-0.15, -0.1) is 0 Å². The second kappa shape index (κ2) is 5.32. The molecule has 0 spiro atoms. The van der Waals surface area contributed by atoms with Crippen molar-refractivity contribution < 1.29 is 13.6 Å². The van der Waals surface area contributed by atoms with Crippen LogP contribution in [-0.4, -0.2) is 25.0 Å². The van der Waals surface area contributed by atoms with Crippen molar-refractivity contribution in [1.82, 2.24) is 5.32 Å². The Morgan fingerprint density at radius 3 is 2.86 bits per heavy atom. The number of amides is 1. The summed E-state index contributed by atoms with van der Waals surface area (Å²) in [5.41, 5.74) is -0.0853. The average Bonchev–Trinajstić information content (AvgIpc) is 2.49. The number of fused-ring (bicyclic) bond motifs is 1. The number of nitriles is 1. The fourth-order valence-electron chi connectivity index (χ4n) is 3.20. The lowest BCUT2D eigenvalue weighted by molar-refractivity contribution is -0.124. The lowest BCUT2D eigenvalue weighted by atomic mass is 9.85. The molecule has 6 heteroatoms. The first kappa shape index (κ1) is 13.8. The molecule has 1 amide bonds. The summed E-state index contributed by atoms with van der Waals surface area (Å²) in [7, 11) is 0. The molecule has 2 unspecified atom stereocenters. The molecule has 2 fully saturated rings. The second-order valence-corrected chi connectivity index (χ2v) is 5.58. The molecule has 0 radical (unpaired) electrons. The summed E-state index contributed by atoms with van der Waals surface area (Å²) in [5, 5.41) is 11.7. The quantitative estimate of drug-likeness (QED) is 0.860. The Kier molecular flexibility index (Phi) is 3.50. The van der Waals surface area contributed by atoms with Gasteiger partial charge in [0.2, 0.25) is 5.91 Å².